The average molecular weight is 362 g/mol. The van der Waals surface area contributed by atoms with Crippen LogP contribution in [0.1, 0.15) is 23.2 Å². The van der Waals surface area contributed by atoms with Gasteiger partial charge in [-0.25, -0.2) is 4.79 Å². The van der Waals surface area contributed by atoms with Crippen LogP contribution in [-0.4, -0.2) is 72.6 Å². The molecule has 0 radical (unpaired) electrons. The summed E-state index contributed by atoms with van der Waals surface area (Å²) < 4.78 is 5.02. The van der Waals surface area contributed by atoms with Gasteiger partial charge in [0.15, 0.2) is 0 Å². The van der Waals surface area contributed by atoms with Crippen LogP contribution in [0.4, 0.5) is 0 Å². The maximum Gasteiger partial charge on any atom is 0.329 e. The number of nitrogens with zero attached hydrogens (tertiary/aromatic N) is 2. The standard InChI is InChI=1S/C19H26N2O5/c1-4-13-26-19(25)16(14-17(22)23)21(12-8-11-20(2)3)18(24)15-9-6-5-7-10-15/h4-7,9-10,16H,1,8,11-14H2,2-3H3,(H,22,23)/t16-/m0/s1. The van der Waals surface area contributed by atoms with Crippen molar-refractivity contribution in [3.63, 3.8) is 0 Å². The molecule has 0 heterocycles. The maximum atomic E-state index is 12.9. The predicted molar refractivity (Wildman–Crippen MR) is 97.8 cm³/mol. The molecule has 0 saturated heterocycles. The Labute approximate surface area is 153 Å². The summed E-state index contributed by atoms with van der Waals surface area (Å²) in [4.78, 5) is 39.8. The van der Waals surface area contributed by atoms with Crippen LogP contribution in [0.3, 0.4) is 0 Å². The number of rotatable bonds is 11. The van der Waals surface area contributed by atoms with Crippen LogP contribution in [-0.2, 0) is 14.3 Å². The molecule has 7 heteroatoms. The fourth-order valence-corrected chi connectivity index (χ4v) is 2.43. The molecule has 0 aliphatic heterocycles. The summed E-state index contributed by atoms with van der Waals surface area (Å²) in [7, 11) is 3.80. The van der Waals surface area contributed by atoms with E-state index in [2.05, 4.69) is 6.58 Å². The average Bonchev–Trinajstić information content (AvgIpc) is 2.61. The Bertz CT molecular complexity index is 616. The molecule has 0 aromatic heterocycles. The largest absolute Gasteiger partial charge is 0.481 e. The summed E-state index contributed by atoms with van der Waals surface area (Å²) in [5, 5.41) is 9.20. The Morgan fingerprint density at radius 3 is 2.38 bits per heavy atom. The molecule has 1 rings (SSSR count). The number of ether oxygens (including phenoxy) is 1. The molecule has 0 unspecified atom stereocenters. The van der Waals surface area contributed by atoms with Crippen LogP contribution in [0.2, 0.25) is 0 Å². The summed E-state index contributed by atoms with van der Waals surface area (Å²) in [6, 6.07) is 7.28. The first kappa shape index (κ1) is 21.4. The fourth-order valence-electron chi connectivity index (χ4n) is 2.43. The lowest BCUT2D eigenvalue weighted by molar-refractivity contribution is -0.152. The quantitative estimate of drug-likeness (QED) is 0.476. The molecule has 0 spiro atoms. The van der Waals surface area contributed by atoms with E-state index >= 15 is 0 Å². The van der Waals surface area contributed by atoms with Gasteiger partial charge in [-0.1, -0.05) is 30.9 Å². The molecule has 0 aliphatic rings. The fraction of sp³-hybridized carbons (Fsp3) is 0.421. The molecule has 0 saturated carbocycles. The van der Waals surface area contributed by atoms with Gasteiger partial charge >= 0.3 is 11.9 Å². The lowest BCUT2D eigenvalue weighted by Gasteiger charge is -2.30. The van der Waals surface area contributed by atoms with Crippen LogP contribution >= 0.6 is 0 Å². The molecular formula is C19H26N2O5. The number of hydrogen-bond acceptors (Lipinski definition) is 5. The lowest BCUT2D eigenvalue weighted by Crippen LogP contribution is -2.48. The van der Waals surface area contributed by atoms with Gasteiger partial charge in [0.1, 0.15) is 12.6 Å². The van der Waals surface area contributed by atoms with Gasteiger partial charge < -0.3 is 19.6 Å². The number of hydrogen-bond donors (Lipinski definition) is 1. The van der Waals surface area contributed by atoms with Crippen molar-refractivity contribution in [1.82, 2.24) is 9.80 Å². The van der Waals surface area contributed by atoms with Crippen LogP contribution in [0, 0.1) is 0 Å². The minimum Gasteiger partial charge on any atom is -0.481 e. The minimum atomic E-state index is -1.19. The second-order valence-corrected chi connectivity index (χ2v) is 6.05. The van der Waals surface area contributed by atoms with E-state index in [9.17, 15) is 19.5 Å². The number of amides is 1. The molecule has 0 fully saturated rings. The third kappa shape index (κ3) is 7.06. The SMILES string of the molecule is C=CCOC(=O)[C@H](CC(=O)O)N(CCCN(C)C)C(=O)c1ccccc1. The number of carbonyl (C=O) groups is 3. The molecular weight excluding hydrogens is 336 g/mol. The maximum absolute atomic E-state index is 12.9. The predicted octanol–water partition coefficient (Wildman–Crippen LogP) is 1.65. The van der Waals surface area contributed by atoms with E-state index in [1.54, 1.807) is 30.3 Å². The molecule has 0 aliphatic carbocycles. The van der Waals surface area contributed by atoms with Crippen LogP contribution < -0.4 is 0 Å². The van der Waals surface area contributed by atoms with E-state index in [-0.39, 0.29) is 13.2 Å². The first-order chi connectivity index (χ1) is 12.4. The molecule has 1 aromatic rings. The zero-order valence-corrected chi connectivity index (χ0v) is 15.3. The topological polar surface area (TPSA) is 87.2 Å². The number of carboxylic acids is 1. The third-order valence-corrected chi connectivity index (χ3v) is 3.65. The van der Waals surface area contributed by atoms with Crippen molar-refractivity contribution in [1.29, 1.82) is 0 Å². The molecule has 1 aromatic carbocycles. The highest BCUT2D eigenvalue weighted by molar-refractivity contribution is 5.97. The van der Waals surface area contributed by atoms with Gasteiger partial charge in [0.05, 0.1) is 6.42 Å². The second kappa shape index (κ2) is 11.0. The molecule has 1 atom stereocenters. The van der Waals surface area contributed by atoms with Gasteiger partial charge in [-0.2, -0.15) is 0 Å². The van der Waals surface area contributed by atoms with Crippen molar-refractivity contribution < 1.29 is 24.2 Å². The zero-order chi connectivity index (χ0) is 19.5. The van der Waals surface area contributed by atoms with Gasteiger partial charge in [-0.3, -0.25) is 9.59 Å². The minimum absolute atomic E-state index is 0.0416. The second-order valence-electron chi connectivity index (χ2n) is 6.05. The zero-order valence-electron chi connectivity index (χ0n) is 15.3. The highest BCUT2D eigenvalue weighted by Crippen LogP contribution is 2.14. The van der Waals surface area contributed by atoms with Crippen molar-refractivity contribution in [3.05, 3.63) is 48.6 Å². The van der Waals surface area contributed by atoms with Gasteiger partial charge in [-0.05, 0) is 39.2 Å². The summed E-state index contributed by atoms with van der Waals surface area (Å²) >= 11 is 0. The van der Waals surface area contributed by atoms with E-state index in [1.165, 1.54) is 11.0 Å². The molecule has 7 nitrogen and oxygen atoms in total. The van der Waals surface area contributed by atoms with Gasteiger partial charge in [0.2, 0.25) is 0 Å². The normalized spacial score (nSPS) is 11.7. The summed E-state index contributed by atoms with van der Waals surface area (Å²) in [6.07, 6.45) is 1.47. The van der Waals surface area contributed by atoms with Gasteiger partial charge in [0.25, 0.3) is 5.91 Å². The van der Waals surface area contributed by atoms with Crippen molar-refractivity contribution in [2.75, 3.05) is 33.8 Å². The Morgan fingerprint density at radius 1 is 1.19 bits per heavy atom. The lowest BCUT2D eigenvalue weighted by atomic mass is 10.1. The van der Waals surface area contributed by atoms with Crippen LogP contribution in [0.15, 0.2) is 43.0 Å². The first-order valence-corrected chi connectivity index (χ1v) is 8.37. The molecule has 1 amide bonds. The Kier molecular flexibility index (Phi) is 9.08. The van der Waals surface area contributed by atoms with E-state index in [0.29, 0.717) is 18.5 Å². The van der Waals surface area contributed by atoms with E-state index in [4.69, 9.17) is 4.74 Å². The number of benzene rings is 1. The van der Waals surface area contributed by atoms with Crippen molar-refractivity contribution >= 4 is 17.8 Å². The molecule has 26 heavy (non-hydrogen) atoms. The highest BCUT2D eigenvalue weighted by Gasteiger charge is 2.33. The number of carbonyl (C=O) groups excluding carboxylic acids is 2. The molecule has 1 N–H and O–H groups in total. The monoisotopic (exact) mass is 362 g/mol. The third-order valence-electron chi connectivity index (χ3n) is 3.65. The number of esters is 1. The van der Waals surface area contributed by atoms with Gasteiger partial charge in [-0.15, -0.1) is 0 Å². The summed E-state index contributed by atoms with van der Waals surface area (Å²) in [5.74, 6) is -2.32. The molecule has 142 valence electrons. The Balaban J connectivity index is 3.09. The van der Waals surface area contributed by atoms with Crippen molar-refractivity contribution in [2.45, 2.75) is 18.9 Å². The number of carboxylic acid groups (broad SMARTS) is 1. The molecule has 0 bridgehead atoms. The summed E-state index contributed by atoms with van der Waals surface area (Å²) in [6.45, 7) is 4.37. The van der Waals surface area contributed by atoms with Crippen molar-refractivity contribution in [3.8, 4) is 0 Å². The summed E-state index contributed by atoms with van der Waals surface area (Å²) in [5.41, 5.74) is 0.393. The number of aliphatic carboxylic acids is 1. The van der Waals surface area contributed by atoms with E-state index in [0.717, 1.165) is 0 Å². The Hall–Kier alpha value is -2.67. The van der Waals surface area contributed by atoms with E-state index in [1.807, 2.05) is 19.0 Å². The smallest absolute Gasteiger partial charge is 0.329 e. The van der Waals surface area contributed by atoms with E-state index < -0.39 is 30.3 Å². The first-order valence-electron chi connectivity index (χ1n) is 8.37. The van der Waals surface area contributed by atoms with Crippen LogP contribution in [0.5, 0.6) is 0 Å². The van der Waals surface area contributed by atoms with Crippen molar-refractivity contribution in [2.24, 2.45) is 0 Å². The van der Waals surface area contributed by atoms with Crippen LogP contribution in [0.25, 0.3) is 0 Å². The van der Waals surface area contributed by atoms with Gasteiger partial charge in [0, 0.05) is 12.1 Å². The highest BCUT2D eigenvalue weighted by atomic mass is 16.5. The Morgan fingerprint density at radius 2 is 1.85 bits per heavy atom.